The van der Waals surface area contributed by atoms with Crippen LogP contribution in [0.5, 0.6) is 0 Å². The highest BCUT2D eigenvalue weighted by molar-refractivity contribution is 5.99. The van der Waals surface area contributed by atoms with Gasteiger partial charge in [0.05, 0.1) is 5.69 Å². The molecule has 0 aromatic carbocycles. The number of hydrogen-bond donors (Lipinski definition) is 5. The first-order valence-corrected chi connectivity index (χ1v) is 6.56. The number of aromatic carboxylic acids is 1. The molecule has 116 valence electrons. The highest BCUT2D eigenvalue weighted by Crippen LogP contribution is 2.16. The predicted molar refractivity (Wildman–Crippen MR) is 77.4 cm³/mol. The number of carbonyl (C=O) groups is 3. The number of carbonyl (C=O) groups excluding carboxylic acids is 2. The Morgan fingerprint density at radius 3 is 2.57 bits per heavy atom. The molecule has 8 heteroatoms. The van der Waals surface area contributed by atoms with Gasteiger partial charge in [0.25, 0.3) is 0 Å². The van der Waals surface area contributed by atoms with Crippen LogP contribution in [0.25, 0.3) is 0 Å². The van der Waals surface area contributed by atoms with Gasteiger partial charge in [-0.05, 0) is 26.8 Å². The smallest absolute Gasteiger partial charge is 0.354 e. The predicted octanol–water partition coefficient (Wildman–Crippen LogP) is 1.06. The van der Waals surface area contributed by atoms with E-state index in [1.54, 1.807) is 6.92 Å². The van der Waals surface area contributed by atoms with E-state index in [2.05, 4.69) is 20.9 Å². The summed E-state index contributed by atoms with van der Waals surface area (Å²) >= 11 is 0. The molecule has 0 bridgehead atoms. The van der Waals surface area contributed by atoms with Gasteiger partial charge in [0.1, 0.15) is 5.69 Å². The van der Waals surface area contributed by atoms with Crippen molar-refractivity contribution in [2.45, 2.75) is 33.2 Å². The summed E-state index contributed by atoms with van der Waals surface area (Å²) in [5, 5.41) is 16.6. The summed E-state index contributed by atoms with van der Waals surface area (Å²) in [7, 11) is 0. The Morgan fingerprint density at radius 1 is 1.33 bits per heavy atom. The third kappa shape index (κ3) is 5.55. The van der Waals surface area contributed by atoms with Crippen molar-refractivity contribution in [3.05, 3.63) is 17.5 Å². The fourth-order valence-corrected chi connectivity index (χ4v) is 1.71. The first-order valence-electron chi connectivity index (χ1n) is 6.56. The van der Waals surface area contributed by atoms with E-state index >= 15 is 0 Å². The zero-order valence-electron chi connectivity index (χ0n) is 12.2. The van der Waals surface area contributed by atoms with Gasteiger partial charge in [-0.15, -0.1) is 0 Å². The highest BCUT2D eigenvalue weighted by Gasteiger charge is 2.15. The molecular formula is C13H20N4O4. The van der Waals surface area contributed by atoms with E-state index in [1.165, 1.54) is 6.07 Å². The summed E-state index contributed by atoms with van der Waals surface area (Å²) in [6.07, 6.45) is 0.156. The number of rotatable bonds is 6. The van der Waals surface area contributed by atoms with Gasteiger partial charge in [0.2, 0.25) is 5.91 Å². The van der Waals surface area contributed by atoms with E-state index in [0.717, 1.165) is 0 Å². The van der Waals surface area contributed by atoms with Crippen molar-refractivity contribution in [3.8, 4) is 0 Å². The quantitative estimate of drug-likeness (QED) is 0.538. The Kier molecular flexibility index (Phi) is 5.77. The van der Waals surface area contributed by atoms with Crippen LogP contribution in [0.1, 0.15) is 36.5 Å². The summed E-state index contributed by atoms with van der Waals surface area (Å²) in [4.78, 5) is 36.6. The first-order chi connectivity index (χ1) is 9.79. The van der Waals surface area contributed by atoms with Crippen LogP contribution in [-0.2, 0) is 4.79 Å². The van der Waals surface area contributed by atoms with Crippen LogP contribution in [0.15, 0.2) is 6.07 Å². The van der Waals surface area contributed by atoms with Gasteiger partial charge in [-0.3, -0.25) is 4.79 Å². The number of nitrogens with one attached hydrogen (secondary N) is 4. The summed E-state index contributed by atoms with van der Waals surface area (Å²) in [5.74, 6) is -1.32. The third-order valence-electron chi connectivity index (χ3n) is 2.50. The molecule has 1 rings (SSSR count). The maximum atomic E-state index is 11.6. The first kappa shape index (κ1) is 16.5. The highest BCUT2D eigenvalue weighted by atomic mass is 16.4. The van der Waals surface area contributed by atoms with Crippen LogP contribution in [0.3, 0.4) is 0 Å². The molecule has 21 heavy (non-hydrogen) atoms. The molecule has 3 amide bonds. The normalized spacial score (nSPS) is 10.3. The lowest BCUT2D eigenvalue weighted by molar-refractivity contribution is -0.121. The van der Waals surface area contributed by atoms with Crippen LogP contribution < -0.4 is 16.0 Å². The number of urea groups is 1. The van der Waals surface area contributed by atoms with Gasteiger partial charge >= 0.3 is 12.0 Å². The Morgan fingerprint density at radius 2 is 2.00 bits per heavy atom. The molecular weight excluding hydrogens is 276 g/mol. The van der Waals surface area contributed by atoms with Crippen molar-refractivity contribution in [1.82, 2.24) is 15.6 Å². The van der Waals surface area contributed by atoms with Gasteiger partial charge in [-0.2, -0.15) is 0 Å². The van der Waals surface area contributed by atoms with Crippen LogP contribution in [-0.4, -0.2) is 40.6 Å². The summed E-state index contributed by atoms with van der Waals surface area (Å²) in [5.41, 5.74) is 0.725. The molecule has 0 atom stereocenters. The minimum absolute atomic E-state index is 0.0484. The SMILES string of the molecule is Cc1cc(NC(=O)NCCC(=O)NC(C)C)c(C(=O)O)[nH]1. The van der Waals surface area contributed by atoms with Crippen molar-refractivity contribution in [2.75, 3.05) is 11.9 Å². The second kappa shape index (κ2) is 7.32. The number of H-pyrrole nitrogens is 1. The monoisotopic (exact) mass is 296 g/mol. The van der Waals surface area contributed by atoms with Gasteiger partial charge in [0, 0.05) is 24.7 Å². The maximum absolute atomic E-state index is 11.6. The van der Waals surface area contributed by atoms with Crippen molar-refractivity contribution in [2.24, 2.45) is 0 Å². The molecule has 0 aliphatic rings. The Bertz CT molecular complexity index is 536. The van der Waals surface area contributed by atoms with Crippen molar-refractivity contribution < 1.29 is 19.5 Å². The fourth-order valence-electron chi connectivity index (χ4n) is 1.71. The van der Waals surface area contributed by atoms with E-state index < -0.39 is 12.0 Å². The second-order valence-corrected chi connectivity index (χ2v) is 4.90. The molecule has 0 radical (unpaired) electrons. The molecule has 1 aromatic heterocycles. The average molecular weight is 296 g/mol. The molecule has 1 heterocycles. The lowest BCUT2D eigenvalue weighted by Gasteiger charge is -2.09. The number of anilines is 1. The molecule has 0 saturated carbocycles. The third-order valence-corrected chi connectivity index (χ3v) is 2.50. The second-order valence-electron chi connectivity index (χ2n) is 4.90. The van der Waals surface area contributed by atoms with Gasteiger partial charge in [-0.25, -0.2) is 9.59 Å². The molecule has 5 N–H and O–H groups in total. The molecule has 0 fully saturated rings. The van der Waals surface area contributed by atoms with Crippen LogP contribution in [0, 0.1) is 6.92 Å². The number of aryl methyl sites for hydroxylation is 1. The largest absolute Gasteiger partial charge is 0.477 e. The summed E-state index contributed by atoms with van der Waals surface area (Å²) < 4.78 is 0. The van der Waals surface area contributed by atoms with Gasteiger partial charge in [0.15, 0.2) is 0 Å². The van der Waals surface area contributed by atoms with Crippen molar-refractivity contribution in [3.63, 3.8) is 0 Å². The number of carboxylic acids is 1. The lowest BCUT2D eigenvalue weighted by atomic mass is 10.3. The molecule has 8 nitrogen and oxygen atoms in total. The Balaban J connectivity index is 2.44. The molecule has 0 unspecified atom stereocenters. The van der Waals surface area contributed by atoms with Crippen molar-refractivity contribution in [1.29, 1.82) is 0 Å². The zero-order valence-corrected chi connectivity index (χ0v) is 12.2. The van der Waals surface area contributed by atoms with E-state index in [1.807, 2.05) is 13.8 Å². The van der Waals surface area contributed by atoms with Crippen LogP contribution in [0.4, 0.5) is 10.5 Å². The lowest BCUT2D eigenvalue weighted by Crippen LogP contribution is -2.35. The Hall–Kier alpha value is -2.51. The van der Waals surface area contributed by atoms with Crippen LogP contribution in [0.2, 0.25) is 0 Å². The minimum atomic E-state index is -1.16. The number of hydrogen-bond acceptors (Lipinski definition) is 3. The van der Waals surface area contributed by atoms with E-state index in [4.69, 9.17) is 5.11 Å². The van der Waals surface area contributed by atoms with E-state index in [9.17, 15) is 14.4 Å². The zero-order chi connectivity index (χ0) is 16.0. The maximum Gasteiger partial charge on any atom is 0.354 e. The molecule has 1 aromatic rings. The summed E-state index contributed by atoms with van der Waals surface area (Å²) in [6, 6.07) is 1.01. The molecule has 0 spiro atoms. The van der Waals surface area contributed by atoms with Crippen LogP contribution >= 0.6 is 0 Å². The topological polar surface area (TPSA) is 123 Å². The van der Waals surface area contributed by atoms with Gasteiger partial charge < -0.3 is 26.0 Å². The number of aromatic nitrogens is 1. The van der Waals surface area contributed by atoms with E-state index in [0.29, 0.717) is 5.69 Å². The minimum Gasteiger partial charge on any atom is -0.477 e. The Labute approximate surface area is 122 Å². The van der Waals surface area contributed by atoms with E-state index in [-0.39, 0.29) is 36.3 Å². The molecule has 0 saturated heterocycles. The number of carboxylic acid groups (broad SMARTS) is 1. The van der Waals surface area contributed by atoms with Gasteiger partial charge in [-0.1, -0.05) is 0 Å². The fraction of sp³-hybridized carbons (Fsp3) is 0.462. The average Bonchev–Trinajstić information content (AvgIpc) is 2.69. The molecule has 0 aliphatic carbocycles. The molecule has 0 aliphatic heterocycles. The summed E-state index contributed by atoms with van der Waals surface area (Å²) in [6.45, 7) is 5.54. The van der Waals surface area contributed by atoms with Crippen molar-refractivity contribution >= 4 is 23.6 Å². The number of amides is 3. The standard InChI is InChI=1S/C13H20N4O4/c1-7(2)15-10(18)4-5-14-13(21)17-9-6-8(3)16-11(9)12(19)20/h6-7,16H,4-5H2,1-3H3,(H,15,18)(H,19,20)(H2,14,17,21). The number of aromatic amines is 1.